The summed E-state index contributed by atoms with van der Waals surface area (Å²) in [6.45, 7) is 1.62. The summed E-state index contributed by atoms with van der Waals surface area (Å²) >= 11 is 1.54. The number of hydrogen-bond donors (Lipinski definition) is 0. The zero-order valence-electron chi connectivity index (χ0n) is 10.6. The Morgan fingerprint density at radius 2 is 2.21 bits per heavy atom. The van der Waals surface area contributed by atoms with E-state index in [1.54, 1.807) is 24.5 Å². The first-order valence-corrected chi connectivity index (χ1v) is 8.79. The van der Waals surface area contributed by atoms with Crippen molar-refractivity contribution in [2.75, 3.05) is 11.5 Å². The van der Waals surface area contributed by atoms with Gasteiger partial charge in [0, 0.05) is 23.9 Å². The number of nitrogens with zero attached hydrogens (tertiary/aromatic N) is 1. The van der Waals surface area contributed by atoms with Gasteiger partial charge in [0.15, 0.2) is 5.78 Å². The van der Waals surface area contributed by atoms with Crippen molar-refractivity contribution in [3.8, 4) is 0 Å². The van der Waals surface area contributed by atoms with E-state index >= 15 is 0 Å². The molecule has 102 valence electrons. The highest BCUT2D eigenvalue weighted by atomic mass is 32.2. The SMILES string of the molecule is CCS(=O)(=O)CCCC(=O)c1cnc2ccsc2c1. The van der Waals surface area contributed by atoms with E-state index in [9.17, 15) is 13.2 Å². The summed E-state index contributed by atoms with van der Waals surface area (Å²) in [6, 6.07) is 3.73. The summed E-state index contributed by atoms with van der Waals surface area (Å²) in [5.74, 6) is 0.155. The van der Waals surface area contributed by atoms with Gasteiger partial charge in [0.05, 0.1) is 16.0 Å². The van der Waals surface area contributed by atoms with E-state index in [1.807, 2.05) is 17.5 Å². The van der Waals surface area contributed by atoms with E-state index in [-0.39, 0.29) is 23.7 Å². The third-order valence-corrected chi connectivity index (χ3v) is 5.57. The van der Waals surface area contributed by atoms with Crippen molar-refractivity contribution in [1.82, 2.24) is 4.98 Å². The smallest absolute Gasteiger partial charge is 0.164 e. The van der Waals surface area contributed by atoms with E-state index in [0.29, 0.717) is 12.0 Å². The van der Waals surface area contributed by atoms with Crippen LogP contribution >= 0.6 is 11.3 Å². The lowest BCUT2D eigenvalue weighted by molar-refractivity contribution is 0.0982. The lowest BCUT2D eigenvalue weighted by Gasteiger charge is -2.02. The van der Waals surface area contributed by atoms with Crippen LogP contribution in [0, 0.1) is 0 Å². The topological polar surface area (TPSA) is 64.1 Å². The molecule has 0 saturated carbocycles. The second-order valence-corrected chi connectivity index (χ2v) is 7.71. The molecule has 0 aliphatic heterocycles. The number of rotatable bonds is 6. The van der Waals surface area contributed by atoms with Gasteiger partial charge in [-0.2, -0.15) is 0 Å². The van der Waals surface area contributed by atoms with Crippen molar-refractivity contribution in [1.29, 1.82) is 0 Å². The Morgan fingerprint density at radius 1 is 1.42 bits per heavy atom. The summed E-state index contributed by atoms with van der Waals surface area (Å²) in [5.41, 5.74) is 1.44. The highest BCUT2D eigenvalue weighted by Gasteiger charge is 2.11. The summed E-state index contributed by atoms with van der Waals surface area (Å²) in [6.07, 6.45) is 2.18. The van der Waals surface area contributed by atoms with Gasteiger partial charge in [-0.3, -0.25) is 9.78 Å². The van der Waals surface area contributed by atoms with Crippen LogP contribution in [0.1, 0.15) is 30.1 Å². The minimum absolute atomic E-state index is 0.0471. The van der Waals surface area contributed by atoms with Crippen LogP contribution in [-0.2, 0) is 9.84 Å². The number of sulfone groups is 1. The molecular formula is C13H15NO3S2. The lowest BCUT2D eigenvalue weighted by atomic mass is 10.1. The molecule has 0 fully saturated rings. The molecule has 19 heavy (non-hydrogen) atoms. The molecule has 2 aromatic heterocycles. The predicted octanol–water partition coefficient (Wildman–Crippen LogP) is 2.69. The lowest BCUT2D eigenvalue weighted by Crippen LogP contribution is -2.10. The van der Waals surface area contributed by atoms with Gasteiger partial charge in [0.1, 0.15) is 9.84 Å². The molecular weight excluding hydrogens is 282 g/mol. The molecule has 0 aromatic carbocycles. The van der Waals surface area contributed by atoms with Crippen LogP contribution in [0.25, 0.3) is 10.2 Å². The normalized spacial score (nSPS) is 11.8. The molecule has 0 unspecified atom stereocenters. The molecule has 2 aromatic rings. The first-order chi connectivity index (χ1) is 9.02. The molecule has 2 rings (SSSR count). The van der Waals surface area contributed by atoms with Crippen molar-refractivity contribution in [2.24, 2.45) is 0 Å². The summed E-state index contributed by atoms with van der Waals surface area (Å²) in [4.78, 5) is 16.2. The Bertz CT molecular complexity index is 689. The predicted molar refractivity (Wildman–Crippen MR) is 77.5 cm³/mol. The van der Waals surface area contributed by atoms with Gasteiger partial charge in [0.2, 0.25) is 0 Å². The average Bonchev–Trinajstić information content (AvgIpc) is 2.85. The van der Waals surface area contributed by atoms with Crippen LogP contribution in [0.3, 0.4) is 0 Å². The highest BCUT2D eigenvalue weighted by Crippen LogP contribution is 2.20. The van der Waals surface area contributed by atoms with E-state index in [0.717, 1.165) is 10.2 Å². The number of hydrogen-bond acceptors (Lipinski definition) is 5. The Hall–Kier alpha value is -1.27. The number of pyridine rings is 1. The van der Waals surface area contributed by atoms with Gasteiger partial charge < -0.3 is 0 Å². The number of Topliss-reactive ketones (excluding diaryl/α,β-unsaturated/α-hetero) is 1. The Morgan fingerprint density at radius 3 is 2.95 bits per heavy atom. The molecule has 0 amide bonds. The van der Waals surface area contributed by atoms with Crippen LogP contribution in [-0.4, -0.2) is 30.7 Å². The van der Waals surface area contributed by atoms with E-state index in [2.05, 4.69) is 4.98 Å². The van der Waals surface area contributed by atoms with Crippen LogP contribution < -0.4 is 0 Å². The van der Waals surface area contributed by atoms with Crippen molar-refractivity contribution in [2.45, 2.75) is 19.8 Å². The number of carbonyl (C=O) groups is 1. The molecule has 2 heterocycles. The van der Waals surface area contributed by atoms with Crippen molar-refractivity contribution in [3.63, 3.8) is 0 Å². The molecule has 6 heteroatoms. The van der Waals surface area contributed by atoms with Crippen molar-refractivity contribution >= 4 is 37.2 Å². The van der Waals surface area contributed by atoms with E-state index in [1.165, 1.54) is 0 Å². The third-order valence-electron chi connectivity index (χ3n) is 2.92. The Balaban J connectivity index is 2.00. The molecule has 0 saturated heterocycles. The van der Waals surface area contributed by atoms with Gasteiger partial charge in [-0.05, 0) is 23.9 Å². The molecule has 0 aliphatic carbocycles. The van der Waals surface area contributed by atoms with Crippen LogP contribution in [0.15, 0.2) is 23.7 Å². The number of ketones is 1. The van der Waals surface area contributed by atoms with E-state index in [4.69, 9.17) is 0 Å². The Labute approximate surface area is 116 Å². The van der Waals surface area contributed by atoms with Crippen LogP contribution in [0.2, 0.25) is 0 Å². The number of aromatic nitrogens is 1. The van der Waals surface area contributed by atoms with Crippen LogP contribution in [0.5, 0.6) is 0 Å². The summed E-state index contributed by atoms with van der Waals surface area (Å²) in [7, 11) is -2.99. The van der Waals surface area contributed by atoms with Gasteiger partial charge in [-0.15, -0.1) is 11.3 Å². The highest BCUT2D eigenvalue weighted by molar-refractivity contribution is 7.91. The molecule has 0 bridgehead atoms. The molecule has 0 radical (unpaired) electrons. The summed E-state index contributed by atoms with van der Waals surface area (Å²) in [5, 5.41) is 1.93. The van der Waals surface area contributed by atoms with Crippen LogP contribution in [0.4, 0.5) is 0 Å². The number of thiophene rings is 1. The standard InChI is InChI=1S/C13H15NO3S2/c1-2-19(16,17)7-3-4-12(15)10-8-13-11(14-9-10)5-6-18-13/h5-6,8-9H,2-4,7H2,1H3. The van der Waals surface area contributed by atoms with Gasteiger partial charge in [-0.1, -0.05) is 6.92 Å². The number of fused-ring (bicyclic) bond motifs is 1. The second kappa shape index (κ2) is 5.79. The molecule has 4 nitrogen and oxygen atoms in total. The fraction of sp³-hybridized carbons (Fsp3) is 0.385. The average molecular weight is 297 g/mol. The van der Waals surface area contributed by atoms with E-state index < -0.39 is 9.84 Å². The minimum Gasteiger partial charge on any atom is -0.294 e. The molecule has 0 aliphatic rings. The zero-order valence-corrected chi connectivity index (χ0v) is 12.3. The number of carbonyl (C=O) groups excluding carboxylic acids is 1. The van der Waals surface area contributed by atoms with Gasteiger partial charge >= 0.3 is 0 Å². The van der Waals surface area contributed by atoms with Crippen molar-refractivity contribution in [3.05, 3.63) is 29.3 Å². The first-order valence-electron chi connectivity index (χ1n) is 6.09. The maximum absolute atomic E-state index is 12.0. The zero-order chi connectivity index (χ0) is 13.9. The monoisotopic (exact) mass is 297 g/mol. The Kier molecular flexibility index (Phi) is 4.31. The first kappa shape index (κ1) is 14.1. The fourth-order valence-corrected chi connectivity index (χ4v) is 3.39. The largest absolute Gasteiger partial charge is 0.294 e. The maximum Gasteiger partial charge on any atom is 0.164 e. The van der Waals surface area contributed by atoms with Gasteiger partial charge in [0.25, 0.3) is 0 Å². The fourth-order valence-electron chi connectivity index (χ4n) is 1.74. The second-order valence-electron chi connectivity index (χ2n) is 4.29. The maximum atomic E-state index is 12.0. The summed E-state index contributed by atoms with van der Waals surface area (Å²) < 4.78 is 23.6. The quantitative estimate of drug-likeness (QED) is 0.769. The minimum atomic E-state index is -2.99. The molecule has 0 spiro atoms. The molecule has 0 atom stereocenters. The molecule has 0 N–H and O–H groups in total. The third kappa shape index (κ3) is 3.61. The van der Waals surface area contributed by atoms with Crippen molar-refractivity contribution < 1.29 is 13.2 Å². The van der Waals surface area contributed by atoms with Gasteiger partial charge in [-0.25, -0.2) is 8.42 Å².